The minimum absolute atomic E-state index is 0.115. The summed E-state index contributed by atoms with van der Waals surface area (Å²) in [5, 5.41) is 5.89. The average molecular weight is 469 g/mol. The van der Waals surface area contributed by atoms with E-state index in [1.54, 1.807) is 41.2 Å². The third-order valence-corrected chi connectivity index (χ3v) is 7.07. The fourth-order valence-electron chi connectivity index (χ4n) is 4.06. The third-order valence-electron chi connectivity index (χ3n) is 5.58. The molecule has 5 rings (SSSR count). The Balaban J connectivity index is 1.82. The van der Waals surface area contributed by atoms with E-state index in [1.807, 2.05) is 23.1 Å². The lowest BCUT2D eigenvalue weighted by molar-refractivity contribution is 0.846. The Morgan fingerprint density at radius 3 is 2.52 bits per heavy atom. The van der Waals surface area contributed by atoms with E-state index in [0.29, 0.717) is 27.7 Å². The van der Waals surface area contributed by atoms with Gasteiger partial charge in [0.05, 0.1) is 16.2 Å². The number of nitrogens with two attached hydrogens (primary N) is 1. The summed E-state index contributed by atoms with van der Waals surface area (Å²) in [5.41, 5.74) is 10.6. The van der Waals surface area contributed by atoms with Crippen molar-refractivity contribution in [3.8, 4) is 21.7 Å². The number of rotatable bonds is 3. The summed E-state index contributed by atoms with van der Waals surface area (Å²) in [5.74, 6) is 0. The Morgan fingerprint density at radius 2 is 1.81 bits per heavy atom. The molecule has 0 radical (unpaired) electrons. The molecular weight excluding hydrogens is 451 g/mol. The second-order valence-electron chi connectivity index (χ2n) is 7.42. The van der Waals surface area contributed by atoms with Gasteiger partial charge in [0, 0.05) is 58.5 Å². The van der Waals surface area contributed by atoms with Gasteiger partial charge in [-0.25, -0.2) is 4.98 Å². The number of aryl methyl sites for hydroxylation is 2. The van der Waals surface area contributed by atoms with E-state index in [-0.39, 0.29) is 5.56 Å². The van der Waals surface area contributed by atoms with Gasteiger partial charge in [0.2, 0.25) is 0 Å². The molecule has 0 atom stereocenters. The van der Waals surface area contributed by atoms with Crippen molar-refractivity contribution >= 4 is 56.5 Å². The van der Waals surface area contributed by atoms with E-state index in [2.05, 4.69) is 23.2 Å². The maximum atomic E-state index is 13.2. The normalized spacial score (nSPS) is 11.6. The summed E-state index contributed by atoms with van der Waals surface area (Å²) in [6.45, 7) is 0.417. The standard InChI is InChI=1S/C23H18Cl2N4OS/c1-28-20-6-3-12(21-27-14(10-26)11-31-21)7-16(20)17-9-18(23(30)29(2)22(17)28)15-5-4-13(24)8-19(15)25/h3-9,11H,10,26H2,1-2H3. The number of nitrogens with zero attached hydrogens (tertiary/aromatic N) is 3. The van der Waals surface area contributed by atoms with Crippen molar-refractivity contribution in [2.24, 2.45) is 19.8 Å². The van der Waals surface area contributed by atoms with Crippen molar-refractivity contribution in [2.45, 2.75) is 6.54 Å². The highest BCUT2D eigenvalue weighted by atomic mass is 35.5. The lowest BCUT2D eigenvalue weighted by Gasteiger charge is -2.09. The number of hydrogen-bond acceptors (Lipinski definition) is 4. The number of aromatic nitrogens is 3. The molecule has 5 nitrogen and oxygen atoms in total. The summed E-state index contributed by atoms with van der Waals surface area (Å²) >= 11 is 14.1. The highest BCUT2D eigenvalue weighted by Gasteiger charge is 2.18. The number of hydrogen-bond donors (Lipinski definition) is 1. The van der Waals surface area contributed by atoms with E-state index in [1.165, 1.54) is 0 Å². The van der Waals surface area contributed by atoms with Crippen LogP contribution in [0.25, 0.3) is 43.6 Å². The van der Waals surface area contributed by atoms with E-state index < -0.39 is 0 Å². The van der Waals surface area contributed by atoms with Gasteiger partial charge >= 0.3 is 0 Å². The maximum Gasteiger partial charge on any atom is 0.259 e. The lowest BCUT2D eigenvalue weighted by Crippen LogP contribution is -2.20. The molecule has 31 heavy (non-hydrogen) atoms. The van der Waals surface area contributed by atoms with Crippen molar-refractivity contribution in [3.05, 3.63) is 73.9 Å². The molecular formula is C23H18Cl2N4OS. The van der Waals surface area contributed by atoms with Gasteiger partial charge in [-0.05, 0) is 36.4 Å². The van der Waals surface area contributed by atoms with Gasteiger partial charge < -0.3 is 10.3 Å². The number of thiazole rings is 1. The number of halogens is 2. The summed E-state index contributed by atoms with van der Waals surface area (Å²) in [7, 11) is 3.75. The molecule has 0 saturated carbocycles. The van der Waals surface area contributed by atoms with Crippen LogP contribution >= 0.6 is 34.5 Å². The molecule has 2 N–H and O–H groups in total. The molecule has 0 aliphatic rings. The first-order chi connectivity index (χ1) is 14.9. The Morgan fingerprint density at radius 1 is 1.00 bits per heavy atom. The molecule has 0 aliphatic heterocycles. The van der Waals surface area contributed by atoms with E-state index in [4.69, 9.17) is 28.9 Å². The molecule has 0 spiro atoms. The lowest BCUT2D eigenvalue weighted by atomic mass is 10.0. The van der Waals surface area contributed by atoms with E-state index in [9.17, 15) is 4.79 Å². The van der Waals surface area contributed by atoms with Crippen LogP contribution < -0.4 is 11.3 Å². The predicted octanol–water partition coefficient (Wildman–Crippen LogP) is 5.59. The zero-order valence-electron chi connectivity index (χ0n) is 16.8. The monoisotopic (exact) mass is 468 g/mol. The highest BCUT2D eigenvalue weighted by molar-refractivity contribution is 7.13. The Bertz CT molecular complexity index is 1550. The van der Waals surface area contributed by atoms with Crippen LogP contribution in [0.3, 0.4) is 0 Å². The largest absolute Gasteiger partial charge is 0.330 e. The summed E-state index contributed by atoms with van der Waals surface area (Å²) < 4.78 is 3.71. The first-order valence-corrected chi connectivity index (χ1v) is 11.2. The van der Waals surface area contributed by atoms with Crippen LogP contribution in [-0.4, -0.2) is 14.1 Å². The van der Waals surface area contributed by atoms with Crippen LogP contribution in [0.2, 0.25) is 10.0 Å². The van der Waals surface area contributed by atoms with Crippen LogP contribution in [0.1, 0.15) is 5.69 Å². The number of benzene rings is 2. The summed E-state index contributed by atoms with van der Waals surface area (Å²) in [4.78, 5) is 17.8. The minimum atomic E-state index is -0.115. The first kappa shape index (κ1) is 20.3. The molecule has 0 aliphatic carbocycles. The predicted molar refractivity (Wildman–Crippen MR) is 130 cm³/mol. The SMILES string of the molecule is Cn1c(=O)c(-c2ccc(Cl)cc2Cl)cc2c3cc(-c4nc(CN)cs4)ccc3n(C)c21. The minimum Gasteiger partial charge on any atom is -0.330 e. The van der Waals surface area contributed by atoms with Crippen molar-refractivity contribution in [3.63, 3.8) is 0 Å². The average Bonchev–Trinajstić information content (AvgIpc) is 3.34. The van der Waals surface area contributed by atoms with Crippen LogP contribution in [0.4, 0.5) is 0 Å². The molecule has 0 fully saturated rings. The van der Waals surface area contributed by atoms with Crippen molar-refractivity contribution < 1.29 is 0 Å². The first-order valence-electron chi connectivity index (χ1n) is 9.61. The second-order valence-corrected chi connectivity index (χ2v) is 9.12. The smallest absolute Gasteiger partial charge is 0.259 e. The van der Waals surface area contributed by atoms with Gasteiger partial charge in [-0.1, -0.05) is 29.3 Å². The van der Waals surface area contributed by atoms with Crippen molar-refractivity contribution in [1.82, 2.24) is 14.1 Å². The van der Waals surface area contributed by atoms with Gasteiger partial charge in [0.15, 0.2) is 0 Å². The number of pyridine rings is 1. The van der Waals surface area contributed by atoms with Crippen LogP contribution in [0.5, 0.6) is 0 Å². The quantitative estimate of drug-likeness (QED) is 0.375. The molecule has 0 bridgehead atoms. The van der Waals surface area contributed by atoms with Gasteiger partial charge in [-0.3, -0.25) is 9.36 Å². The molecule has 0 unspecified atom stereocenters. The van der Waals surface area contributed by atoms with Crippen molar-refractivity contribution in [2.75, 3.05) is 0 Å². The molecule has 2 aromatic carbocycles. The zero-order chi connectivity index (χ0) is 21.9. The molecule has 0 amide bonds. The molecule has 3 aromatic heterocycles. The van der Waals surface area contributed by atoms with Crippen molar-refractivity contribution in [1.29, 1.82) is 0 Å². The van der Waals surface area contributed by atoms with Gasteiger partial charge in [-0.2, -0.15) is 0 Å². The molecule has 156 valence electrons. The Hall–Kier alpha value is -2.64. The van der Waals surface area contributed by atoms with Gasteiger partial charge in [0.25, 0.3) is 5.56 Å². The van der Waals surface area contributed by atoms with Crippen LogP contribution in [0.15, 0.2) is 52.6 Å². The second kappa shape index (κ2) is 7.50. The third kappa shape index (κ3) is 3.18. The Kier molecular flexibility index (Phi) is 4.90. The van der Waals surface area contributed by atoms with Crippen LogP contribution in [0, 0.1) is 0 Å². The summed E-state index contributed by atoms with van der Waals surface area (Å²) in [6.07, 6.45) is 0. The molecule has 5 aromatic rings. The molecule has 8 heteroatoms. The van der Waals surface area contributed by atoms with Gasteiger partial charge in [-0.15, -0.1) is 11.3 Å². The Labute approximate surface area is 192 Å². The summed E-state index contributed by atoms with van der Waals surface area (Å²) in [6, 6.07) is 13.3. The van der Waals surface area contributed by atoms with E-state index >= 15 is 0 Å². The van der Waals surface area contributed by atoms with Crippen LogP contribution in [-0.2, 0) is 20.6 Å². The number of fused-ring (bicyclic) bond motifs is 3. The fourth-order valence-corrected chi connectivity index (χ4v) is 5.40. The van der Waals surface area contributed by atoms with Gasteiger partial charge in [0.1, 0.15) is 10.7 Å². The topological polar surface area (TPSA) is 65.8 Å². The molecule has 3 heterocycles. The molecule has 0 saturated heterocycles. The fraction of sp³-hybridized carbons (Fsp3) is 0.130. The zero-order valence-corrected chi connectivity index (χ0v) is 19.1. The maximum absolute atomic E-state index is 13.2. The highest BCUT2D eigenvalue weighted by Crippen LogP contribution is 2.35. The van der Waals surface area contributed by atoms with E-state index in [0.717, 1.165) is 38.2 Å².